The molecule has 1 spiro atoms. The van der Waals surface area contributed by atoms with Gasteiger partial charge >= 0.3 is 5.97 Å². The number of carbonyl (C=O) groups excluding carboxylic acids is 2. The zero-order valence-electron chi connectivity index (χ0n) is 20.3. The van der Waals surface area contributed by atoms with Gasteiger partial charge in [0.05, 0.1) is 17.1 Å². The molecule has 0 radical (unpaired) electrons. The van der Waals surface area contributed by atoms with Crippen molar-refractivity contribution >= 4 is 17.4 Å². The normalized spacial score (nSPS) is 40.1. The van der Waals surface area contributed by atoms with Crippen molar-refractivity contribution in [2.75, 3.05) is 5.06 Å². The Bertz CT molecular complexity index is 1230. The summed E-state index contributed by atoms with van der Waals surface area (Å²) < 4.78 is 6.07. The Morgan fingerprint density at radius 2 is 1.74 bits per heavy atom. The molecule has 2 saturated heterocycles. The summed E-state index contributed by atoms with van der Waals surface area (Å²) in [6.07, 6.45) is 4.01. The summed E-state index contributed by atoms with van der Waals surface area (Å²) in [6, 6.07) is 17.8. The van der Waals surface area contributed by atoms with Gasteiger partial charge in [-0.2, -0.15) is 0 Å². The first kappa shape index (κ1) is 22.5. The minimum atomic E-state index is -1.36. The molecular weight excluding hydrogens is 442 g/mol. The lowest BCUT2D eigenvalue weighted by atomic mass is 9.63. The van der Waals surface area contributed by atoms with Crippen molar-refractivity contribution in [1.29, 1.82) is 0 Å². The third-order valence-corrected chi connectivity index (χ3v) is 9.21. The molecule has 1 unspecified atom stereocenters. The van der Waals surface area contributed by atoms with Crippen molar-refractivity contribution in [1.82, 2.24) is 0 Å². The molecule has 3 fully saturated rings. The second-order valence-electron chi connectivity index (χ2n) is 10.9. The monoisotopic (exact) mass is 473 g/mol. The number of allylic oxidation sites excluding steroid dienone is 1. The van der Waals surface area contributed by atoms with E-state index in [0.29, 0.717) is 19.3 Å². The highest BCUT2D eigenvalue weighted by molar-refractivity contribution is 6.00. The van der Waals surface area contributed by atoms with Crippen LogP contribution in [-0.2, 0) is 19.2 Å². The van der Waals surface area contributed by atoms with E-state index in [1.165, 1.54) is 6.08 Å². The Balaban J connectivity index is 1.47. The standard InChI is InChI=1S/C29H31NO5/c1-18-9-7-8-12-21(18)23-17-28(35-30(23)20-10-5-4-6-11-20)22-14-13-19(2)29(33)16-15-24(31)27(29,3)25(22)34-26(28)32/h4-12,15-16,19,22-23,25,33H,13-14,17H2,1-3H3/t19-,22+,23+,25+,27-,28?,29+/m0/s1. The average Bonchev–Trinajstić information content (AvgIpc) is 3.45. The Morgan fingerprint density at radius 3 is 2.49 bits per heavy atom. The van der Waals surface area contributed by atoms with Crippen molar-refractivity contribution < 1.29 is 24.3 Å². The van der Waals surface area contributed by atoms with E-state index in [1.54, 1.807) is 13.0 Å². The predicted octanol–water partition coefficient (Wildman–Crippen LogP) is 4.46. The maximum absolute atomic E-state index is 13.8. The van der Waals surface area contributed by atoms with Crippen molar-refractivity contribution in [2.45, 2.75) is 63.4 Å². The second kappa shape index (κ2) is 7.52. The van der Waals surface area contributed by atoms with E-state index in [1.807, 2.05) is 54.5 Å². The van der Waals surface area contributed by atoms with Crippen LogP contribution in [-0.4, -0.2) is 34.2 Å². The fourth-order valence-electron chi connectivity index (χ4n) is 7.03. The number of nitrogens with zero attached hydrogens (tertiary/aromatic N) is 1. The van der Waals surface area contributed by atoms with E-state index in [0.717, 1.165) is 16.8 Å². The van der Waals surface area contributed by atoms with E-state index < -0.39 is 28.7 Å². The number of aliphatic hydroxyl groups is 1. The summed E-state index contributed by atoms with van der Waals surface area (Å²) in [7, 11) is 0. The molecule has 2 aromatic carbocycles. The first-order valence-electron chi connectivity index (χ1n) is 12.5. The number of benzene rings is 2. The number of fused-ring (bicyclic) bond motifs is 4. The SMILES string of the molecule is Cc1ccccc1[C@H]1CC2(ON1c1ccccc1)C(=O)O[C@@H]1[C@H]2CC[C@H](C)[C@]2(O)C=CC(=O)[C@@]12C. The Kier molecular flexibility index (Phi) is 4.83. The number of hydroxylamine groups is 1. The number of ketones is 1. The van der Waals surface area contributed by atoms with Crippen LogP contribution in [0.2, 0.25) is 0 Å². The minimum Gasteiger partial charge on any atom is -0.459 e. The Labute approximate surface area is 205 Å². The number of ether oxygens (including phenoxy) is 1. The van der Waals surface area contributed by atoms with Crippen LogP contribution in [0, 0.1) is 24.2 Å². The van der Waals surface area contributed by atoms with Gasteiger partial charge in [0.2, 0.25) is 5.60 Å². The van der Waals surface area contributed by atoms with E-state index >= 15 is 0 Å². The lowest BCUT2D eigenvalue weighted by Crippen LogP contribution is -2.57. The van der Waals surface area contributed by atoms with Crippen molar-refractivity contribution in [2.24, 2.45) is 17.3 Å². The third kappa shape index (κ3) is 2.84. The number of aryl methyl sites for hydroxylation is 1. The molecule has 0 aromatic heterocycles. The number of hydrogen-bond donors (Lipinski definition) is 1. The van der Waals surface area contributed by atoms with Crippen LogP contribution in [0.5, 0.6) is 0 Å². The van der Waals surface area contributed by atoms with Crippen molar-refractivity contribution in [3.05, 3.63) is 77.9 Å². The molecule has 35 heavy (non-hydrogen) atoms. The van der Waals surface area contributed by atoms with Gasteiger partial charge in [0.15, 0.2) is 5.78 Å². The van der Waals surface area contributed by atoms with Gasteiger partial charge in [-0.05, 0) is 68.0 Å². The summed E-state index contributed by atoms with van der Waals surface area (Å²) >= 11 is 0. The van der Waals surface area contributed by atoms with Crippen LogP contribution >= 0.6 is 0 Å². The molecule has 1 saturated carbocycles. The molecule has 2 aliphatic heterocycles. The van der Waals surface area contributed by atoms with E-state index in [2.05, 4.69) is 19.1 Å². The molecule has 6 heteroatoms. The summed E-state index contributed by atoms with van der Waals surface area (Å²) in [5.74, 6) is -1.15. The number of hydrogen-bond acceptors (Lipinski definition) is 6. The van der Waals surface area contributed by atoms with Crippen molar-refractivity contribution in [3.63, 3.8) is 0 Å². The van der Waals surface area contributed by atoms with Gasteiger partial charge in [-0.3, -0.25) is 9.63 Å². The van der Waals surface area contributed by atoms with Gasteiger partial charge in [0.25, 0.3) is 0 Å². The zero-order valence-corrected chi connectivity index (χ0v) is 20.3. The number of rotatable bonds is 2. The van der Waals surface area contributed by atoms with Crippen LogP contribution in [0.4, 0.5) is 5.69 Å². The van der Waals surface area contributed by atoms with Crippen LogP contribution < -0.4 is 5.06 Å². The number of carbonyl (C=O) groups is 2. The fraction of sp³-hybridized carbons (Fsp3) is 0.448. The summed E-state index contributed by atoms with van der Waals surface area (Å²) in [4.78, 5) is 33.7. The molecule has 2 heterocycles. The fourth-order valence-corrected chi connectivity index (χ4v) is 7.03. The molecule has 1 N–H and O–H groups in total. The first-order chi connectivity index (χ1) is 16.7. The molecule has 182 valence electrons. The summed E-state index contributed by atoms with van der Waals surface area (Å²) in [6.45, 7) is 5.79. The van der Waals surface area contributed by atoms with Crippen LogP contribution in [0.3, 0.4) is 0 Å². The lowest BCUT2D eigenvalue weighted by Gasteiger charge is -2.43. The van der Waals surface area contributed by atoms with Crippen LogP contribution in [0.15, 0.2) is 66.7 Å². The third-order valence-electron chi connectivity index (χ3n) is 9.21. The van der Waals surface area contributed by atoms with E-state index in [9.17, 15) is 14.7 Å². The largest absolute Gasteiger partial charge is 0.459 e. The molecule has 4 aliphatic rings. The summed E-state index contributed by atoms with van der Waals surface area (Å²) in [5, 5.41) is 13.6. The average molecular weight is 474 g/mol. The second-order valence-corrected chi connectivity index (χ2v) is 10.9. The van der Waals surface area contributed by atoms with Gasteiger partial charge in [-0.25, -0.2) is 9.86 Å². The quantitative estimate of drug-likeness (QED) is 0.649. The van der Waals surface area contributed by atoms with Gasteiger partial charge < -0.3 is 9.84 Å². The van der Waals surface area contributed by atoms with Gasteiger partial charge in [-0.15, -0.1) is 0 Å². The first-order valence-corrected chi connectivity index (χ1v) is 12.5. The van der Waals surface area contributed by atoms with E-state index in [4.69, 9.17) is 9.57 Å². The summed E-state index contributed by atoms with van der Waals surface area (Å²) in [5.41, 5.74) is -0.765. The lowest BCUT2D eigenvalue weighted by molar-refractivity contribution is -0.169. The highest BCUT2D eigenvalue weighted by atomic mass is 16.7. The van der Waals surface area contributed by atoms with Crippen LogP contribution in [0.25, 0.3) is 0 Å². The van der Waals surface area contributed by atoms with Crippen LogP contribution in [0.1, 0.15) is 50.3 Å². The smallest absolute Gasteiger partial charge is 0.342 e. The topological polar surface area (TPSA) is 76.1 Å². The van der Waals surface area contributed by atoms with Gasteiger partial charge in [0.1, 0.15) is 11.7 Å². The number of esters is 1. The molecular formula is C29H31NO5. The highest BCUT2D eigenvalue weighted by Crippen LogP contribution is 2.61. The molecule has 6 nitrogen and oxygen atoms in total. The van der Waals surface area contributed by atoms with E-state index in [-0.39, 0.29) is 23.7 Å². The molecule has 2 aliphatic carbocycles. The number of anilines is 1. The molecule has 2 aromatic rings. The molecule has 0 bridgehead atoms. The Hall–Kier alpha value is -2.96. The maximum atomic E-state index is 13.8. The molecule has 0 amide bonds. The Morgan fingerprint density at radius 1 is 1.03 bits per heavy atom. The minimum absolute atomic E-state index is 0.157. The van der Waals surface area contributed by atoms with Crippen molar-refractivity contribution in [3.8, 4) is 0 Å². The predicted molar refractivity (Wildman–Crippen MR) is 130 cm³/mol. The van der Waals surface area contributed by atoms with Gasteiger partial charge in [-0.1, -0.05) is 49.4 Å². The maximum Gasteiger partial charge on any atom is 0.342 e. The van der Waals surface area contributed by atoms with Gasteiger partial charge in [0, 0.05) is 12.3 Å². The number of para-hydroxylation sites is 1. The molecule has 6 rings (SSSR count). The molecule has 7 atom stereocenters. The zero-order chi connectivity index (χ0) is 24.6. The highest BCUT2D eigenvalue weighted by Gasteiger charge is 2.74.